The summed E-state index contributed by atoms with van der Waals surface area (Å²) in [4.78, 5) is 0. The zero-order valence-corrected chi connectivity index (χ0v) is 14.3. The Morgan fingerprint density at radius 2 is 1.90 bits per heavy atom. The molecule has 1 N–H and O–H groups in total. The summed E-state index contributed by atoms with van der Waals surface area (Å²) in [6, 6.07) is 8.94. The lowest BCUT2D eigenvalue weighted by molar-refractivity contribution is 0.141. The van der Waals surface area contributed by atoms with Gasteiger partial charge in [0.1, 0.15) is 0 Å². The van der Waals surface area contributed by atoms with Crippen molar-refractivity contribution < 1.29 is 0 Å². The Morgan fingerprint density at radius 3 is 2.52 bits per heavy atom. The highest BCUT2D eigenvalue weighted by Crippen LogP contribution is 2.42. The molecule has 0 atom stereocenters. The van der Waals surface area contributed by atoms with Gasteiger partial charge in [-0.25, -0.2) is 0 Å². The SMILES string of the molecule is CCCCC1CCC(CNC)(Cc2ccccc2C)CC1. The van der Waals surface area contributed by atoms with E-state index in [9.17, 15) is 0 Å². The summed E-state index contributed by atoms with van der Waals surface area (Å²) >= 11 is 0. The summed E-state index contributed by atoms with van der Waals surface area (Å²) in [5, 5.41) is 3.48. The van der Waals surface area contributed by atoms with Crippen molar-refractivity contribution in [3.63, 3.8) is 0 Å². The van der Waals surface area contributed by atoms with Crippen LogP contribution in [0, 0.1) is 18.3 Å². The van der Waals surface area contributed by atoms with E-state index in [4.69, 9.17) is 0 Å². The number of benzene rings is 1. The minimum atomic E-state index is 0.490. The third-order valence-electron chi connectivity index (χ3n) is 5.51. The molecule has 0 heterocycles. The van der Waals surface area contributed by atoms with Gasteiger partial charge in [-0.15, -0.1) is 0 Å². The third-order valence-corrected chi connectivity index (χ3v) is 5.51. The monoisotopic (exact) mass is 287 g/mol. The molecule has 0 aromatic heterocycles. The first-order chi connectivity index (χ1) is 10.2. The van der Waals surface area contributed by atoms with Crippen LogP contribution >= 0.6 is 0 Å². The van der Waals surface area contributed by atoms with Crippen LogP contribution in [0.25, 0.3) is 0 Å². The van der Waals surface area contributed by atoms with Crippen molar-refractivity contribution in [2.75, 3.05) is 13.6 Å². The van der Waals surface area contributed by atoms with Gasteiger partial charge < -0.3 is 5.32 Å². The molecule has 0 spiro atoms. The minimum absolute atomic E-state index is 0.490. The average molecular weight is 287 g/mol. The Hall–Kier alpha value is -0.820. The van der Waals surface area contributed by atoms with Gasteiger partial charge in [0.25, 0.3) is 0 Å². The lowest BCUT2D eigenvalue weighted by Crippen LogP contribution is -2.38. The Kier molecular flexibility index (Phi) is 6.29. The predicted octanol–water partition coefficient (Wildman–Crippen LogP) is 5.12. The molecule has 0 unspecified atom stereocenters. The number of unbranched alkanes of at least 4 members (excludes halogenated alkanes) is 1. The van der Waals surface area contributed by atoms with Crippen molar-refractivity contribution in [1.82, 2.24) is 5.32 Å². The lowest BCUT2D eigenvalue weighted by atomic mass is 9.66. The second kappa shape index (κ2) is 7.98. The van der Waals surface area contributed by atoms with Crippen molar-refractivity contribution >= 4 is 0 Å². The van der Waals surface area contributed by atoms with Crippen LogP contribution in [0.15, 0.2) is 24.3 Å². The van der Waals surface area contributed by atoms with E-state index in [0.29, 0.717) is 5.41 Å². The van der Waals surface area contributed by atoms with Crippen LogP contribution in [0.3, 0.4) is 0 Å². The van der Waals surface area contributed by atoms with Gasteiger partial charge in [-0.1, -0.05) is 50.5 Å². The highest BCUT2D eigenvalue weighted by Gasteiger charge is 2.34. The molecule has 0 amide bonds. The molecule has 1 aromatic carbocycles. The number of hydrogen-bond acceptors (Lipinski definition) is 1. The Morgan fingerprint density at radius 1 is 1.19 bits per heavy atom. The second-order valence-electron chi connectivity index (χ2n) is 7.22. The van der Waals surface area contributed by atoms with Crippen LogP contribution in [-0.4, -0.2) is 13.6 Å². The fourth-order valence-corrected chi connectivity index (χ4v) is 4.07. The molecule has 0 radical (unpaired) electrons. The predicted molar refractivity (Wildman–Crippen MR) is 92.7 cm³/mol. The van der Waals surface area contributed by atoms with Crippen molar-refractivity contribution in [2.24, 2.45) is 11.3 Å². The van der Waals surface area contributed by atoms with E-state index in [-0.39, 0.29) is 0 Å². The van der Waals surface area contributed by atoms with Crippen LogP contribution in [0.1, 0.15) is 63.0 Å². The van der Waals surface area contributed by atoms with Crippen LogP contribution < -0.4 is 5.32 Å². The molecular formula is C20H33N. The molecular weight excluding hydrogens is 254 g/mol. The first-order valence-corrected chi connectivity index (χ1v) is 8.88. The highest BCUT2D eigenvalue weighted by atomic mass is 14.8. The van der Waals surface area contributed by atoms with Gasteiger partial charge in [0.2, 0.25) is 0 Å². The van der Waals surface area contributed by atoms with E-state index < -0.39 is 0 Å². The number of rotatable bonds is 7. The van der Waals surface area contributed by atoms with Crippen LogP contribution in [0.2, 0.25) is 0 Å². The molecule has 1 aliphatic carbocycles. The molecule has 1 aromatic rings. The summed E-state index contributed by atoms with van der Waals surface area (Å²) in [6.07, 6.45) is 11.1. The average Bonchev–Trinajstić information content (AvgIpc) is 2.50. The first kappa shape index (κ1) is 16.5. The summed E-state index contributed by atoms with van der Waals surface area (Å²) in [7, 11) is 2.11. The molecule has 0 bridgehead atoms. The molecule has 1 fully saturated rings. The summed E-state index contributed by atoms with van der Waals surface area (Å²) in [5.74, 6) is 0.992. The zero-order chi connectivity index (χ0) is 15.1. The van der Waals surface area contributed by atoms with E-state index in [1.54, 1.807) is 5.56 Å². The maximum atomic E-state index is 3.48. The first-order valence-electron chi connectivity index (χ1n) is 8.88. The fourth-order valence-electron chi connectivity index (χ4n) is 4.07. The van der Waals surface area contributed by atoms with Crippen molar-refractivity contribution in [3.05, 3.63) is 35.4 Å². The summed E-state index contributed by atoms with van der Waals surface area (Å²) < 4.78 is 0. The Balaban J connectivity index is 2.00. The molecule has 1 heteroatoms. The largest absolute Gasteiger partial charge is 0.319 e. The Bertz CT molecular complexity index is 416. The second-order valence-corrected chi connectivity index (χ2v) is 7.22. The third kappa shape index (κ3) is 4.57. The lowest BCUT2D eigenvalue weighted by Gasteiger charge is -2.41. The number of aryl methyl sites for hydroxylation is 1. The van der Waals surface area contributed by atoms with Gasteiger partial charge in [0.15, 0.2) is 0 Å². The molecule has 1 nitrogen and oxygen atoms in total. The molecule has 0 saturated heterocycles. The minimum Gasteiger partial charge on any atom is -0.319 e. The van der Waals surface area contributed by atoms with Gasteiger partial charge in [-0.3, -0.25) is 0 Å². The van der Waals surface area contributed by atoms with Gasteiger partial charge >= 0.3 is 0 Å². The van der Waals surface area contributed by atoms with E-state index in [2.05, 4.69) is 50.5 Å². The quantitative estimate of drug-likeness (QED) is 0.733. The smallest absolute Gasteiger partial charge is 0.000800 e. The molecule has 1 saturated carbocycles. The maximum Gasteiger partial charge on any atom is 0.000800 e. The summed E-state index contributed by atoms with van der Waals surface area (Å²) in [5.41, 5.74) is 3.50. The van der Waals surface area contributed by atoms with Gasteiger partial charge in [-0.2, -0.15) is 0 Å². The van der Waals surface area contributed by atoms with Crippen LogP contribution in [-0.2, 0) is 6.42 Å². The van der Waals surface area contributed by atoms with Crippen LogP contribution in [0.4, 0.5) is 0 Å². The van der Waals surface area contributed by atoms with Crippen molar-refractivity contribution in [2.45, 2.75) is 65.2 Å². The highest BCUT2D eigenvalue weighted by molar-refractivity contribution is 5.27. The standard InChI is InChI=1S/C20H33N/c1-4-5-9-18-11-13-20(14-12-18,16-21-3)15-19-10-7-6-8-17(19)2/h6-8,10,18,21H,4-5,9,11-16H2,1-3H3. The topological polar surface area (TPSA) is 12.0 Å². The zero-order valence-electron chi connectivity index (χ0n) is 14.3. The van der Waals surface area contributed by atoms with E-state index >= 15 is 0 Å². The van der Waals surface area contributed by atoms with Crippen LogP contribution in [0.5, 0.6) is 0 Å². The molecule has 118 valence electrons. The summed E-state index contributed by atoms with van der Waals surface area (Å²) in [6.45, 7) is 5.74. The number of nitrogens with one attached hydrogen (secondary N) is 1. The van der Waals surface area contributed by atoms with Gasteiger partial charge in [0.05, 0.1) is 0 Å². The Labute approximate surface area is 131 Å². The fraction of sp³-hybridized carbons (Fsp3) is 0.700. The van der Waals surface area contributed by atoms with Crippen molar-refractivity contribution in [3.8, 4) is 0 Å². The van der Waals surface area contributed by atoms with Gasteiger partial charge in [-0.05, 0) is 68.5 Å². The normalized spacial score (nSPS) is 26.0. The molecule has 1 aliphatic rings. The van der Waals surface area contributed by atoms with Crippen molar-refractivity contribution in [1.29, 1.82) is 0 Å². The van der Waals surface area contributed by atoms with E-state index in [1.807, 2.05) is 0 Å². The molecule has 21 heavy (non-hydrogen) atoms. The maximum absolute atomic E-state index is 3.48. The van der Waals surface area contributed by atoms with E-state index in [1.165, 1.54) is 63.5 Å². The van der Waals surface area contributed by atoms with Gasteiger partial charge in [0, 0.05) is 6.54 Å². The molecule has 2 rings (SSSR count). The molecule has 0 aliphatic heterocycles. The van der Waals surface area contributed by atoms with E-state index in [0.717, 1.165) is 5.92 Å². The number of hydrogen-bond donors (Lipinski definition) is 1.